The van der Waals surface area contributed by atoms with Gasteiger partial charge in [0.05, 0.1) is 11.1 Å². The molecule has 0 saturated carbocycles. The summed E-state index contributed by atoms with van der Waals surface area (Å²) in [6.45, 7) is 0. The molecule has 2 aromatic rings. The molecule has 0 aliphatic carbocycles. The molecule has 0 saturated heterocycles. The van der Waals surface area contributed by atoms with Crippen LogP contribution in [0, 0.1) is 0 Å². The number of nitrogens with one attached hydrogen (secondary N) is 1. The first kappa shape index (κ1) is 13.3. The van der Waals surface area contributed by atoms with Crippen molar-refractivity contribution in [3.63, 3.8) is 0 Å². The van der Waals surface area contributed by atoms with E-state index in [-0.39, 0.29) is 11.3 Å². The van der Waals surface area contributed by atoms with Crippen molar-refractivity contribution in [2.24, 2.45) is 0 Å². The van der Waals surface area contributed by atoms with E-state index in [1.165, 1.54) is 6.20 Å². The number of carbonyl (C=O) groups is 1. The molecule has 1 amide bonds. The molecule has 0 fully saturated rings. The van der Waals surface area contributed by atoms with Crippen molar-refractivity contribution in [1.82, 2.24) is 4.98 Å². The molecule has 4 nitrogen and oxygen atoms in total. The molecule has 0 spiro atoms. The van der Waals surface area contributed by atoms with Crippen LogP contribution in [-0.4, -0.2) is 10.9 Å². The van der Waals surface area contributed by atoms with Gasteiger partial charge in [0.25, 0.3) is 5.91 Å². The van der Waals surface area contributed by atoms with Crippen molar-refractivity contribution in [3.05, 3.63) is 40.9 Å². The van der Waals surface area contributed by atoms with Crippen LogP contribution in [0.25, 0.3) is 0 Å². The van der Waals surface area contributed by atoms with Crippen LogP contribution < -0.4 is 11.1 Å². The number of rotatable bonds is 2. The van der Waals surface area contributed by atoms with Gasteiger partial charge in [-0.2, -0.15) is 13.2 Å². The summed E-state index contributed by atoms with van der Waals surface area (Å²) in [6, 6.07) is 2.60. The Kier molecular flexibility index (Phi) is 3.43. The fraction of sp³-hybridized carbons (Fsp3) is 0.0909. The van der Waals surface area contributed by atoms with E-state index in [0.29, 0.717) is 5.13 Å². The molecule has 100 valence electrons. The summed E-state index contributed by atoms with van der Waals surface area (Å²) in [4.78, 5) is 15.6. The fourth-order valence-electron chi connectivity index (χ4n) is 1.38. The maximum atomic E-state index is 12.6. The first-order valence-electron chi connectivity index (χ1n) is 5.05. The number of aromatic nitrogens is 1. The molecule has 0 aliphatic heterocycles. The van der Waals surface area contributed by atoms with Crippen LogP contribution in [0.3, 0.4) is 0 Å². The van der Waals surface area contributed by atoms with Crippen molar-refractivity contribution in [1.29, 1.82) is 0 Å². The molecular weight excluding hydrogens is 279 g/mol. The highest BCUT2D eigenvalue weighted by molar-refractivity contribution is 7.13. The van der Waals surface area contributed by atoms with Crippen LogP contribution in [0.15, 0.2) is 29.8 Å². The number of hydrogen-bond acceptors (Lipinski definition) is 4. The standard InChI is InChI=1S/C11H8F3N3OS/c12-11(13,14)6-1-2-8(15)7(5-6)9(18)17-10-16-3-4-19-10/h1-5H,15H2,(H,16,17,18). The van der Waals surface area contributed by atoms with E-state index in [2.05, 4.69) is 10.3 Å². The van der Waals surface area contributed by atoms with E-state index in [1.54, 1.807) is 5.38 Å². The number of nitrogens with zero attached hydrogens (tertiary/aromatic N) is 1. The average molecular weight is 287 g/mol. The summed E-state index contributed by atoms with van der Waals surface area (Å²) < 4.78 is 37.7. The predicted octanol–water partition coefficient (Wildman–Crippen LogP) is 3.00. The van der Waals surface area contributed by atoms with Gasteiger partial charge >= 0.3 is 6.18 Å². The van der Waals surface area contributed by atoms with Gasteiger partial charge in [-0.15, -0.1) is 11.3 Å². The van der Waals surface area contributed by atoms with Gasteiger partial charge in [0, 0.05) is 17.3 Å². The number of thiazole rings is 1. The van der Waals surface area contributed by atoms with Crippen LogP contribution in [0.1, 0.15) is 15.9 Å². The lowest BCUT2D eigenvalue weighted by atomic mass is 10.1. The van der Waals surface area contributed by atoms with E-state index in [9.17, 15) is 18.0 Å². The minimum atomic E-state index is -4.52. The zero-order chi connectivity index (χ0) is 14.0. The smallest absolute Gasteiger partial charge is 0.398 e. The number of benzene rings is 1. The van der Waals surface area contributed by atoms with Gasteiger partial charge in [-0.3, -0.25) is 10.1 Å². The topological polar surface area (TPSA) is 68.0 Å². The van der Waals surface area contributed by atoms with Gasteiger partial charge in [-0.1, -0.05) is 0 Å². The number of amides is 1. The molecule has 0 aliphatic rings. The third kappa shape index (κ3) is 3.02. The van der Waals surface area contributed by atoms with Gasteiger partial charge in [-0.05, 0) is 18.2 Å². The number of nitrogen functional groups attached to an aromatic ring is 1. The zero-order valence-corrected chi connectivity index (χ0v) is 10.2. The second-order valence-electron chi connectivity index (χ2n) is 3.59. The van der Waals surface area contributed by atoms with Crippen molar-refractivity contribution >= 4 is 28.1 Å². The Hall–Kier alpha value is -2.09. The van der Waals surface area contributed by atoms with Gasteiger partial charge in [0.2, 0.25) is 0 Å². The number of nitrogens with two attached hydrogens (primary N) is 1. The minimum Gasteiger partial charge on any atom is -0.398 e. The zero-order valence-electron chi connectivity index (χ0n) is 9.36. The normalized spacial score (nSPS) is 11.3. The van der Waals surface area contributed by atoms with Gasteiger partial charge < -0.3 is 5.73 Å². The number of anilines is 2. The fourth-order valence-corrected chi connectivity index (χ4v) is 1.90. The molecular formula is C11H8F3N3OS. The summed E-state index contributed by atoms with van der Waals surface area (Å²) >= 11 is 1.16. The summed E-state index contributed by atoms with van der Waals surface area (Å²) in [5.41, 5.74) is 4.34. The second kappa shape index (κ2) is 4.88. The Labute approximate surface area is 110 Å². The summed E-state index contributed by atoms with van der Waals surface area (Å²) in [5, 5.41) is 4.30. The average Bonchev–Trinajstić information content (AvgIpc) is 2.80. The maximum absolute atomic E-state index is 12.6. The lowest BCUT2D eigenvalue weighted by Crippen LogP contribution is -2.16. The monoisotopic (exact) mass is 287 g/mol. The van der Waals surface area contributed by atoms with Crippen LogP contribution in [0.5, 0.6) is 0 Å². The number of carbonyl (C=O) groups excluding carboxylic acids is 1. The van der Waals surface area contributed by atoms with Gasteiger partial charge in [-0.25, -0.2) is 4.98 Å². The highest BCUT2D eigenvalue weighted by Crippen LogP contribution is 2.31. The predicted molar refractivity (Wildman–Crippen MR) is 65.9 cm³/mol. The van der Waals surface area contributed by atoms with Gasteiger partial charge in [0.1, 0.15) is 0 Å². The Morgan fingerprint density at radius 1 is 1.37 bits per heavy atom. The molecule has 0 unspecified atom stereocenters. The molecule has 3 N–H and O–H groups in total. The van der Waals surface area contributed by atoms with E-state index in [1.807, 2.05) is 0 Å². The summed E-state index contributed by atoms with van der Waals surface area (Å²) in [7, 11) is 0. The largest absolute Gasteiger partial charge is 0.416 e. The molecule has 2 rings (SSSR count). The Bertz CT molecular complexity index is 596. The maximum Gasteiger partial charge on any atom is 0.416 e. The SMILES string of the molecule is Nc1ccc(C(F)(F)F)cc1C(=O)Nc1nccs1. The number of halogens is 3. The lowest BCUT2D eigenvalue weighted by molar-refractivity contribution is -0.137. The van der Waals surface area contributed by atoms with Crippen LogP contribution in [0.2, 0.25) is 0 Å². The highest BCUT2D eigenvalue weighted by atomic mass is 32.1. The first-order valence-corrected chi connectivity index (χ1v) is 5.93. The third-order valence-electron chi connectivity index (χ3n) is 2.28. The molecule has 0 bridgehead atoms. The molecule has 1 aromatic carbocycles. The van der Waals surface area contributed by atoms with Crippen molar-refractivity contribution < 1.29 is 18.0 Å². The van der Waals surface area contributed by atoms with Crippen molar-refractivity contribution in [2.75, 3.05) is 11.1 Å². The lowest BCUT2D eigenvalue weighted by Gasteiger charge is -2.10. The van der Waals surface area contributed by atoms with Crippen molar-refractivity contribution in [2.45, 2.75) is 6.18 Å². The third-order valence-corrected chi connectivity index (χ3v) is 2.97. The molecule has 19 heavy (non-hydrogen) atoms. The van der Waals surface area contributed by atoms with Crippen LogP contribution in [0.4, 0.5) is 24.0 Å². The number of alkyl halides is 3. The Morgan fingerprint density at radius 2 is 2.11 bits per heavy atom. The van der Waals surface area contributed by atoms with E-state index < -0.39 is 17.6 Å². The quantitative estimate of drug-likeness (QED) is 0.834. The molecule has 1 aromatic heterocycles. The first-order chi connectivity index (χ1) is 8.88. The summed E-state index contributed by atoms with van der Waals surface area (Å²) in [5.74, 6) is -0.724. The number of hydrogen-bond donors (Lipinski definition) is 2. The van der Waals surface area contributed by atoms with Gasteiger partial charge in [0.15, 0.2) is 5.13 Å². The summed E-state index contributed by atoms with van der Waals surface area (Å²) in [6.07, 6.45) is -3.06. The van der Waals surface area contributed by atoms with Crippen molar-refractivity contribution in [3.8, 4) is 0 Å². The Balaban J connectivity index is 2.31. The molecule has 1 heterocycles. The van der Waals surface area contributed by atoms with Crippen LogP contribution >= 0.6 is 11.3 Å². The van der Waals surface area contributed by atoms with E-state index in [0.717, 1.165) is 29.5 Å². The molecule has 8 heteroatoms. The molecule has 0 atom stereocenters. The minimum absolute atomic E-state index is 0.0259. The Morgan fingerprint density at radius 3 is 2.68 bits per heavy atom. The van der Waals surface area contributed by atoms with Crippen LogP contribution in [-0.2, 0) is 6.18 Å². The molecule has 0 radical (unpaired) electrons. The highest BCUT2D eigenvalue weighted by Gasteiger charge is 2.31. The van der Waals surface area contributed by atoms with E-state index in [4.69, 9.17) is 5.73 Å². The van der Waals surface area contributed by atoms with E-state index >= 15 is 0 Å². The second-order valence-corrected chi connectivity index (χ2v) is 4.49.